The largest absolute Gasteiger partial charge is 0.344 e. The van der Waals surface area contributed by atoms with Crippen molar-refractivity contribution in [3.8, 4) is 11.4 Å². The van der Waals surface area contributed by atoms with E-state index in [0.717, 1.165) is 17.0 Å². The van der Waals surface area contributed by atoms with Crippen LogP contribution in [-0.4, -0.2) is 30.6 Å². The third-order valence-corrected chi connectivity index (χ3v) is 4.22. The summed E-state index contributed by atoms with van der Waals surface area (Å²) in [6.45, 7) is 4.13. The molecule has 8 nitrogen and oxygen atoms in total. The second-order valence-corrected chi connectivity index (χ2v) is 6.50. The molecule has 27 heavy (non-hydrogen) atoms. The highest BCUT2D eigenvalue weighted by atomic mass is 35.5. The Labute approximate surface area is 159 Å². The van der Waals surface area contributed by atoms with Gasteiger partial charge in [0.25, 0.3) is 0 Å². The maximum absolute atomic E-state index is 12.3. The summed E-state index contributed by atoms with van der Waals surface area (Å²) in [6, 6.07) is 9.15. The lowest BCUT2D eigenvalue weighted by Gasteiger charge is -2.02. The zero-order valence-corrected chi connectivity index (χ0v) is 15.4. The highest BCUT2D eigenvalue weighted by molar-refractivity contribution is 6.30. The topological polar surface area (TPSA) is 98.2 Å². The van der Waals surface area contributed by atoms with E-state index in [1.54, 1.807) is 22.8 Å². The maximum Gasteiger partial charge on any atom is 0.316 e. The van der Waals surface area contributed by atoms with Crippen LogP contribution in [0.2, 0.25) is 5.02 Å². The molecular weight excluding hydrogens is 368 g/mol. The van der Waals surface area contributed by atoms with E-state index in [-0.39, 0.29) is 11.7 Å². The van der Waals surface area contributed by atoms with Gasteiger partial charge in [0.15, 0.2) is 5.65 Å². The van der Waals surface area contributed by atoms with E-state index < -0.39 is 5.91 Å². The van der Waals surface area contributed by atoms with Crippen molar-refractivity contribution in [2.24, 2.45) is 0 Å². The molecule has 4 aromatic rings. The van der Waals surface area contributed by atoms with Gasteiger partial charge >= 0.3 is 11.8 Å². The molecule has 3 heterocycles. The number of hydrogen-bond acceptors (Lipinski definition) is 6. The number of nitrogens with one attached hydrogen (secondary N) is 1. The SMILES string of the molecule is Cc1cc(C)n2ncc(-c3noc(C(=O)NCc4cccc(Cl)c4)n3)c2n1. The first-order valence-corrected chi connectivity index (χ1v) is 8.58. The van der Waals surface area contributed by atoms with Crippen molar-refractivity contribution < 1.29 is 9.32 Å². The molecule has 136 valence electrons. The Morgan fingerprint density at radius 3 is 2.93 bits per heavy atom. The third kappa shape index (κ3) is 3.39. The van der Waals surface area contributed by atoms with Crippen LogP contribution in [0.4, 0.5) is 0 Å². The first-order valence-electron chi connectivity index (χ1n) is 8.20. The average molecular weight is 383 g/mol. The van der Waals surface area contributed by atoms with E-state index in [1.165, 1.54) is 0 Å². The van der Waals surface area contributed by atoms with E-state index in [1.807, 2.05) is 32.0 Å². The molecule has 0 radical (unpaired) electrons. The molecular formula is C18H15ClN6O2. The van der Waals surface area contributed by atoms with Crippen LogP contribution in [0, 0.1) is 13.8 Å². The van der Waals surface area contributed by atoms with E-state index in [2.05, 4.69) is 25.5 Å². The van der Waals surface area contributed by atoms with Crippen molar-refractivity contribution >= 4 is 23.2 Å². The van der Waals surface area contributed by atoms with Crippen molar-refractivity contribution in [2.75, 3.05) is 0 Å². The Morgan fingerprint density at radius 1 is 1.26 bits per heavy atom. The Balaban J connectivity index is 1.56. The molecule has 1 amide bonds. The van der Waals surface area contributed by atoms with Gasteiger partial charge in [-0.15, -0.1) is 0 Å². The quantitative estimate of drug-likeness (QED) is 0.582. The van der Waals surface area contributed by atoms with Gasteiger partial charge in [0, 0.05) is 23.0 Å². The van der Waals surface area contributed by atoms with Gasteiger partial charge in [-0.25, -0.2) is 9.50 Å². The summed E-state index contributed by atoms with van der Waals surface area (Å²) in [5, 5.41) is 11.5. The number of fused-ring (bicyclic) bond motifs is 1. The number of carbonyl (C=O) groups is 1. The van der Waals surface area contributed by atoms with Crippen LogP contribution < -0.4 is 5.32 Å². The number of halogens is 1. The fourth-order valence-electron chi connectivity index (χ4n) is 2.76. The van der Waals surface area contributed by atoms with Crippen molar-refractivity contribution in [1.82, 2.24) is 30.1 Å². The molecule has 0 aliphatic heterocycles. The molecule has 0 spiro atoms. The minimum Gasteiger partial charge on any atom is -0.344 e. The van der Waals surface area contributed by atoms with E-state index in [4.69, 9.17) is 16.1 Å². The molecule has 4 rings (SSSR count). The van der Waals surface area contributed by atoms with Crippen LogP contribution in [0.3, 0.4) is 0 Å². The minimum absolute atomic E-state index is 0.129. The van der Waals surface area contributed by atoms with Crippen LogP contribution in [0.25, 0.3) is 17.0 Å². The van der Waals surface area contributed by atoms with Gasteiger partial charge in [0.2, 0.25) is 5.82 Å². The fraction of sp³-hybridized carbons (Fsp3) is 0.167. The van der Waals surface area contributed by atoms with Gasteiger partial charge in [0.05, 0.1) is 11.8 Å². The van der Waals surface area contributed by atoms with Crippen molar-refractivity contribution in [3.63, 3.8) is 0 Å². The number of amides is 1. The lowest BCUT2D eigenvalue weighted by molar-refractivity contribution is 0.0907. The van der Waals surface area contributed by atoms with Crippen LogP contribution in [-0.2, 0) is 6.54 Å². The number of aryl methyl sites for hydroxylation is 2. The normalized spacial score (nSPS) is 11.1. The molecule has 0 fully saturated rings. The van der Waals surface area contributed by atoms with Crippen LogP contribution >= 0.6 is 11.6 Å². The summed E-state index contributed by atoms with van der Waals surface area (Å²) in [4.78, 5) is 20.9. The number of carbonyl (C=O) groups excluding carboxylic acids is 1. The molecule has 3 aromatic heterocycles. The van der Waals surface area contributed by atoms with Crippen molar-refractivity contribution in [3.05, 3.63) is 64.4 Å². The van der Waals surface area contributed by atoms with Crippen molar-refractivity contribution in [1.29, 1.82) is 0 Å². The maximum atomic E-state index is 12.3. The van der Waals surface area contributed by atoms with Crippen LogP contribution in [0.5, 0.6) is 0 Å². The summed E-state index contributed by atoms with van der Waals surface area (Å²) >= 11 is 5.94. The van der Waals surface area contributed by atoms with E-state index >= 15 is 0 Å². The van der Waals surface area contributed by atoms with Gasteiger partial charge in [-0.1, -0.05) is 28.9 Å². The predicted molar refractivity (Wildman–Crippen MR) is 98.4 cm³/mol. The highest BCUT2D eigenvalue weighted by Gasteiger charge is 2.19. The lowest BCUT2D eigenvalue weighted by Crippen LogP contribution is -2.23. The van der Waals surface area contributed by atoms with Gasteiger partial charge in [-0.05, 0) is 37.6 Å². The predicted octanol–water partition coefficient (Wildman–Crippen LogP) is 2.98. The average Bonchev–Trinajstić information content (AvgIpc) is 3.26. The number of nitrogens with zero attached hydrogens (tertiary/aromatic N) is 5. The van der Waals surface area contributed by atoms with Gasteiger partial charge in [-0.2, -0.15) is 10.1 Å². The fourth-order valence-corrected chi connectivity index (χ4v) is 2.97. The smallest absolute Gasteiger partial charge is 0.316 e. The summed E-state index contributed by atoms with van der Waals surface area (Å²) in [7, 11) is 0. The second-order valence-electron chi connectivity index (χ2n) is 6.07. The molecule has 0 saturated heterocycles. The third-order valence-electron chi connectivity index (χ3n) is 3.98. The standard InChI is InChI=1S/C18H15ClN6O2/c1-10-6-11(2)25-16(22-10)14(9-21-25)15-23-18(27-24-15)17(26)20-8-12-4-3-5-13(19)7-12/h3-7,9H,8H2,1-2H3,(H,20,26). The molecule has 9 heteroatoms. The monoisotopic (exact) mass is 382 g/mol. The van der Waals surface area contributed by atoms with Gasteiger partial charge < -0.3 is 9.84 Å². The summed E-state index contributed by atoms with van der Waals surface area (Å²) in [5.74, 6) is -0.336. The molecule has 0 unspecified atom stereocenters. The molecule has 0 aliphatic rings. The van der Waals surface area contributed by atoms with Crippen molar-refractivity contribution in [2.45, 2.75) is 20.4 Å². The molecule has 0 saturated carbocycles. The number of aromatic nitrogens is 5. The first kappa shape index (κ1) is 17.2. The molecule has 1 N–H and O–H groups in total. The highest BCUT2D eigenvalue weighted by Crippen LogP contribution is 2.21. The van der Waals surface area contributed by atoms with E-state index in [0.29, 0.717) is 22.8 Å². The summed E-state index contributed by atoms with van der Waals surface area (Å²) in [5.41, 5.74) is 3.86. The Morgan fingerprint density at radius 2 is 2.11 bits per heavy atom. The van der Waals surface area contributed by atoms with Crippen LogP contribution in [0.1, 0.15) is 27.6 Å². The number of benzene rings is 1. The Kier molecular flexibility index (Phi) is 4.33. The number of rotatable bonds is 4. The first-order chi connectivity index (χ1) is 13.0. The zero-order chi connectivity index (χ0) is 19.0. The summed E-state index contributed by atoms with van der Waals surface area (Å²) < 4.78 is 6.80. The molecule has 0 bridgehead atoms. The van der Waals surface area contributed by atoms with Gasteiger partial charge in [0.1, 0.15) is 0 Å². The summed E-state index contributed by atoms with van der Waals surface area (Å²) in [6.07, 6.45) is 1.60. The molecule has 0 atom stereocenters. The lowest BCUT2D eigenvalue weighted by atomic mass is 10.2. The van der Waals surface area contributed by atoms with Gasteiger partial charge in [-0.3, -0.25) is 4.79 Å². The molecule has 0 aliphatic carbocycles. The number of hydrogen-bond donors (Lipinski definition) is 1. The van der Waals surface area contributed by atoms with Crippen LogP contribution in [0.15, 0.2) is 41.1 Å². The molecule has 1 aromatic carbocycles. The Hall–Kier alpha value is -3.26. The van der Waals surface area contributed by atoms with E-state index in [9.17, 15) is 4.79 Å². The second kappa shape index (κ2) is 6.81. The Bertz CT molecular complexity index is 1150. The zero-order valence-electron chi connectivity index (χ0n) is 14.6. The minimum atomic E-state index is -0.467.